The molecule has 1 heterocycles. The van der Waals surface area contributed by atoms with E-state index in [1.165, 1.54) is 89.9 Å². The van der Waals surface area contributed by atoms with E-state index >= 15 is 0 Å². The number of allylic oxidation sites excluding steroid dienone is 2. The van der Waals surface area contributed by atoms with Gasteiger partial charge < -0.3 is 16.0 Å². The Kier molecular flexibility index (Phi) is 14.6. The lowest BCUT2D eigenvalue weighted by Gasteiger charge is -2.24. The first kappa shape index (κ1) is 22.1. The Hall–Kier alpha value is -0.960. The highest BCUT2D eigenvalue weighted by molar-refractivity contribution is 4.94. The predicted octanol–water partition coefficient (Wildman–Crippen LogP) is 5.69. The highest BCUT2D eigenvalue weighted by atomic mass is 15.3. The molecule has 1 atom stereocenters. The van der Waals surface area contributed by atoms with E-state index in [-0.39, 0.29) is 0 Å². The topological polar surface area (TPSA) is 41.3 Å². The van der Waals surface area contributed by atoms with Crippen molar-refractivity contribution in [1.29, 1.82) is 0 Å². The zero-order valence-corrected chi connectivity index (χ0v) is 16.7. The van der Waals surface area contributed by atoms with Gasteiger partial charge in [-0.05, 0) is 32.1 Å². The molecule has 0 bridgehead atoms. The molecule has 0 aromatic carbocycles. The molecule has 0 aliphatic carbocycles. The third kappa shape index (κ3) is 12.1. The second-order valence-corrected chi connectivity index (χ2v) is 7.40. The number of hydrogen-bond acceptors (Lipinski definition) is 3. The lowest BCUT2D eigenvalue weighted by molar-refractivity contribution is 0.267. The number of nitrogens with two attached hydrogens (primary N) is 1. The molecule has 0 radical (unpaired) electrons. The van der Waals surface area contributed by atoms with E-state index in [0.29, 0.717) is 6.17 Å². The van der Waals surface area contributed by atoms with Crippen molar-refractivity contribution in [1.82, 2.24) is 10.2 Å². The fraction of sp³-hybridized carbons (Fsp3) is 0.818. The number of rotatable bonds is 17. The molecule has 0 saturated heterocycles. The number of hydrogen-bond donors (Lipinski definition) is 2. The van der Waals surface area contributed by atoms with Gasteiger partial charge in [0.2, 0.25) is 0 Å². The van der Waals surface area contributed by atoms with Gasteiger partial charge >= 0.3 is 0 Å². The summed E-state index contributed by atoms with van der Waals surface area (Å²) in [7, 11) is 0. The van der Waals surface area contributed by atoms with Crippen LogP contribution < -0.4 is 11.1 Å². The van der Waals surface area contributed by atoms with Gasteiger partial charge in [0.05, 0.1) is 6.17 Å². The maximum absolute atomic E-state index is 5.64. The van der Waals surface area contributed by atoms with Crippen LogP contribution in [0, 0.1) is 0 Å². The van der Waals surface area contributed by atoms with Gasteiger partial charge in [-0.2, -0.15) is 0 Å². The molecule has 3 nitrogen and oxygen atoms in total. The van der Waals surface area contributed by atoms with Crippen LogP contribution in [0.4, 0.5) is 0 Å². The number of nitrogens with zero attached hydrogens (tertiary/aromatic N) is 1. The third-order valence-electron chi connectivity index (χ3n) is 5.08. The van der Waals surface area contributed by atoms with Crippen LogP contribution >= 0.6 is 0 Å². The van der Waals surface area contributed by atoms with Crippen LogP contribution in [0.15, 0.2) is 24.6 Å². The summed E-state index contributed by atoms with van der Waals surface area (Å²) in [6.45, 7) is 3.96. The van der Waals surface area contributed by atoms with Gasteiger partial charge in [0.1, 0.15) is 0 Å². The Morgan fingerprint density at radius 3 is 2.12 bits per heavy atom. The van der Waals surface area contributed by atoms with Gasteiger partial charge in [-0.15, -0.1) is 0 Å². The van der Waals surface area contributed by atoms with Crippen LogP contribution in [0.5, 0.6) is 0 Å². The molecule has 0 aromatic rings. The van der Waals surface area contributed by atoms with E-state index in [9.17, 15) is 0 Å². The minimum atomic E-state index is 0.457. The maximum atomic E-state index is 5.64. The highest BCUT2D eigenvalue weighted by Crippen LogP contribution is 2.13. The lowest BCUT2D eigenvalue weighted by atomic mass is 10.1. The minimum Gasteiger partial charge on any atom is -0.370 e. The molecule has 1 aliphatic rings. The molecule has 146 valence electrons. The summed E-state index contributed by atoms with van der Waals surface area (Å²) in [5.41, 5.74) is 5.64. The van der Waals surface area contributed by atoms with Crippen molar-refractivity contribution in [3.05, 3.63) is 24.6 Å². The fourth-order valence-corrected chi connectivity index (χ4v) is 3.49. The summed E-state index contributed by atoms with van der Waals surface area (Å²) in [6, 6.07) is 0. The molecule has 1 unspecified atom stereocenters. The van der Waals surface area contributed by atoms with E-state index in [1.807, 2.05) is 6.20 Å². The average molecular weight is 350 g/mol. The van der Waals surface area contributed by atoms with Crippen molar-refractivity contribution in [2.45, 2.75) is 103 Å². The first-order valence-electron chi connectivity index (χ1n) is 10.9. The molecule has 0 amide bonds. The van der Waals surface area contributed by atoms with E-state index in [4.69, 9.17) is 5.73 Å². The number of nitrogens with one attached hydrogen (secondary N) is 1. The fourth-order valence-electron chi connectivity index (χ4n) is 3.49. The predicted molar refractivity (Wildman–Crippen MR) is 111 cm³/mol. The zero-order chi connectivity index (χ0) is 18.0. The van der Waals surface area contributed by atoms with Crippen LogP contribution in [-0.2, 0) is 0 Å². The molecule has 3 N–H and O–H groups in total. The van der Waals surface area contributed by atoms with Gasteiger partial charge in [-0.1, -0.05) is 76.9 Å². The lowest BCUT2D eigenvalue weighted by Crippen LogP contribution is -2.37. The Morgan fingerprint density at radius 1 is 0.880 bits per heavy atom. The Bertz CT molecular complexity index is 338. The first-order valence-corrected chi connectivity index (χ1v) is 10.9. The molecule has 0 saturated carbocycles. The molecule has 0 spiro atoms. The smallest absolute Gasteiger partial charge is 0.0981 e. The largest absolute Gasteiger partial charge is 0.370 e. The third-order valence-corrected chi connectivity index (χ3v) is 5.08. The van der Waals surface area contributed by atoms with E-state index in [2.05, 4.69) is 35.5 Å². The molecule has 1 aliphatic heterocycles. The molecule has 25 heavy (non-hydrogen) atoms. The van der Waals surface area contributed by atoms with Crippen LogP contribution in [0.2, 0.25) is 0 Å². The second kappa shape index (κ2) is 16.5. The van der Waals surface area contributed by atoms with Crippen LogP contribution in [0.3, 0.4) is 0 Å². The Labute approximate surface area is 157 Å². The SMILES string of the molecule is CCCCCCCCCCCC/C=C/CCCC1NC=CN1CCN. The Balaban J connectivity index is 1.81. The van der Waals surface area contributed by atoms with Crippen molar-refractivity contribution in [3.8, 4) is 0 Å². The molecule has 0 aromatic heterocycles. The zero-order valence-electron chi connectivity index (χ0n) is 16.7. The first-order chi connectivity index (χ1) is 12.4. The molecular weight excluding hydrogens is 306 g/mol. The molecule has 1 rings (SSSR count). The van der Waals surface area contributed by atoms with Crippen LogP contribution in [0.1, 0.15) is 96.8 Å². The van der Waals surface area contributed by atoms with E-state index in [1.54, 1.807) is 0 Å². The monoisotopic (exact) mass is 349 g/mol. The average Bonchev–Trinajstić information content (AvgIpc) is 3.06. The van der Waals surface area contributed by atoms with E-state index in [0.717, 1.165) is 13.1 Å². The highest BCUT2D eigenvalue weighted by Gasteiger charge is 2.16. The van der Waals surface area contributed by atoms with Crippen LogP contribution in [0.25, 0.3) is 0 Å². The summed E-state index contributed by atoms with van der Waals surface area (Å²) in [5, 5.41) is 3.41. The van der Waals surface area contributed by atoms with Gasteiger partial charge in [-0.3, -0.25) is 0 Å². The van der Waals surface area contributed by atoms with Gasteiger partial charge in [-0.25, -0.2) is 0 Å². The minimum absolute atomic E-state index is 0.457. The summed E-state index contributed by atoms with van der Waals surface area (Å²) in [5.74, 6) is 0. The van der Waals surface area contributed by atoms with Crippen molar-refractivity contribution in [2.75, 3.05) is 13.1 Å². The Morgan fingerprint density at radius 2 is 1.48 bits per heavy atom. The summed E-state index contributed by atoms with van der Waals surface area (Å²) in [6.07, 6.45) is 28.5. The maximum Gasteiger partial charge on any atom is 0.0981 e. The molecule has 3 heteroatoms. The van der Waals surface area contributed by atoms with Gasteiger partial charge in [0, 0.05) is 25.5 Å². The standard InChI is InChI=1S/C22H43N3/c1-2-3-4-5-6-7-8-9-10-11-12-13-14-15-16-17-22-24-19-21-25(22)20-18-23/h13-14,19,21-22,24H,2-12,15-18,20,23H2,1H3/b14-13+. The molecular formula is C22H43N3. The van der Waals surface area contributed by atoms with Gasteiger partial charge in [0.25, 0.3) is 0 Å². The van der Waals surface area contributed by atoms with Crippen molar-refractivity contribution in [2.24, 2.45) is 5.73 Å². The molecule has 0 fully saturated rings. The normalized spacial score (nSPS) is 16.9. The summed E-state index contributed by atoms with van der Waals surface area (Å²) in [4.78, 5) is 2.31. The van der Waals surface area contributed by atoms with Crippen molar-refractivity contribution >= 4 is 0 Å². The van der Waals surface area contributed by atoms with Crippen molar-refractivity contribution in [3.63, 3.8) is 0 Å². The second-order valence-electron chi connectivity index (χ2n) is 7.40. The van der Waals surface area contributed by atoms with Crippen LogP contribution in [-0.4, -0.2) is 24.2 Å². The van der Waals surface area contributed by atoms with E-state index < -0.39 is 0 Å². The van der Waals surface area contributed by atoms with Crippen molar-refractivity contribution < 1.29 is 0 Å². The summed E-state index contributed by atoms with van der Waals surface area (Å²) < 4.78 is 0. The van der Waals surface area contributed by atoms with Gasteiger partial charge in [0.15, 0.2) is 0 Å². The summed E-state index contributed by atoms with van der Waals surface area (Å²) >= 11 is 0. The quantitative estimate of drug-likeness (QED) is 0.262. The number of unbranched alkanes of at least 4 members (excludes halogenated alkanes) is 11.